The summed E-state index contributed by atoms with van der Waals surface area (Å²) < 4.78 is 27.5. The van der Waals surface area contributed by atoms with E-state index in [-0.39, 0.29) is 45.0 Å². The van der Waals surface area contributed by atoms with Crippen LogP contribution in [0.3, 0.4) is 0 Å². The van der Waals surface area contributed by atoms with Gasteiger partial charge in [-0.3, -0.25) is 9.48 Å². The molecule has 0 unspecified atom stereocenters. The summed E-state index contributed by atoms with van der Waals surface area (Å²) in [6.45, 7) is 2.34. The van der Waals surface area contributed by atoms with Crippen molar-refractivity contribution < 1.29 is 18.3 Å². The maximum Gasteiger partial charge on any atom is 0.221 e. The lowest BCUT2D eigenvalue weighted by Crippen LogP contribution is -2.12. The van der Waals surface area contributed by atoms with Crippen molar-refractivity contribution in [2.45, 2.75) is 43.7 Å². The van der Waals surface area contributed by atoms with Crippen molar-refractivity contribution >= 4 is 27.2 Å². The van der Waals surface area contributed by atoms with Crippen LogP contribution >= 0.6 is 11.6 Å². The Morgan fingerprint density at radius 3 is 2.63 bits per heavy atom. The first kappa shape index (κ1) is 20.6. The van der Waals surface area contributed by atoms with Crippen LogP contribution < -0.4 is 0 Å². The van der Waals surface area contributed by atoms with Crippen molar-refractivity contribution in [3.05, 3.63) is 58.0 Å². The Kier molecular flexibility index (Phi) is 5.19. The zero-order chi connectivity index (χ0) is 21.6. The normalized spacial score (nSPS) is 14.2. The van der Waals surface area contributed by atoms with E-state index in [9.17, 15) is 18.3 Å². The third kappa shape index (κ3) is 3.63. The molecule has 0 bridgehead atoms. The monoisotopic (exact) mass is 448 g/mol. The largest absolute Gasteiger partial charge is 0.493 e. The van der Waals surface area contributed by atoms with Gasteiger partial charge in [-0.1, -0.05) is 11.6 Å². The van der Waals surface area contributed by atoms with Crippen LogP contribution in [0, 0.1) is 0 Å². The number of carbonyl (C=O) groups excluding carboxylic acids is 1. The fraction of sp³-hybridized carbons (Fsp3) is 0.350. The highest BCUT2D eigenvalue weighted by molar-refractivity contribution is 7.90. The highest BCUT2D eigenvalue weighted by atomic mass is 35.5. The van der Waals surface area contributed by atoms with Crippen LogP contribution in [0.2, 0.25) is 5.02 Å². The Morgan fingerprint density at radius 2 is 2.07 bits per heavy atom. The molecule has 0 amide bonds. The second kappa shape index (κ2) is 7.55. The standard InChI is InChI=1S/C20H21ClN4O4S/c1-3-25-20(27)16(18(23-25)12-5-6-12)19(26)13-7-8-15(30(2,28)29)14(17(13)21)11-24-10-4-9-22-24/h4,7-10,12,27H,3,5-6,11H2,1-2H3. The number of halogens is 1. The Labute approximate surface area is 179 Å². The topological polar surface area (TPSA) is 107 Å². The van der Waals surface area contributed by atoms with Crippen molar-refractivity contribution in [1.82, 2.24) is 19.6 Å². The van der Waals surface area contributed by atoms with Crippen molar-refractivity contribution in [2.24, 2.45) is 0 Å². The molecule has 4 rings (SSSR count). The van der Waals surface area contributed by atoms with Crippen molar-refractivity contribution in [3.63, 3.8) is 0 Å². The summed E-state index contributed by atoms with van der Waals surface area (Å²) in [7, 11) is -3.59. The Bertz CT molecular complexity index is 1230. The first-order valence-electron chi connectivity index (χ1n) is 9.55. The van der Waals surface area contributed by atoms with Crippen LogP contribution in [0.5, 0.6) is 5.88 Å². The average molecular weight is 449 g/mol. The molecule has 1 fully saturated rings. The third-order valence-electron chi connectivity index (χ3n) is 5.17. The third-order valence-corrected chi connectivity index (χ3v) is 6.78. The Balaban J connectivity index is 1.86. The SMILES string of the molecule is CCn1nc(C2CC2)c(C(=O)c2ccc(S(C)(=O)=O)c(Cn3cccn3)c2Cl)c1O. The Morgan fingerprint density at radius 1 is 1.33 bits per heavy atom. The molecule has 3 aromatic rings. The molecule has 0 spiro atoms. The lowest BCUT2D eigenvalue weighted by molar-refractivity contribution is 0.103. The van der Waals surface area contributed by atoms with E-state index in [4.69, 9.17) is 11.6 Å². The number of ketones is 1. The van der Waals surface area contributed by atoms with Crippen molar-refractivity contribution in [2.75, 3.05) is 6.26 Å². The number of rotatable bonds is 7. The van der Waals surface area contributed by atoms with Gasteiger partial charge >= 0.3 is 0 Å². The first-order valence-corrected chi connectivity index (χ1v) is 11.8. The highest BCUT2D eigenvalue weighted by Crippen LogP contribution is 2.44. The predicted octanol–water partition coefficient (Wildman–Crippen LogP) is 3.02. The highest BCUT2D eigenvalue weighted by Gasteiger charge is 2.36. The summed E-state index contributed by atoms with van der Waals surface area (Å²) >= 11 is 6.59. The lowest BCUT2D eigenvalue weighted by Gasteiger charge is -2.14. The van der Waals surface area contributed by atoms with Gasteiger partial charge in [0.25, 0.3) is 0 Å². The maximum absolute atomic E-state index is 13.4. The summed E-state index contributed by atoms with van der Waals surface area (Å²) in [5.41, 5.74) is 1.11. The summed E-state index contributed by atoms with van der Waals surface area (Å²) in [5, 5.41) is 19.1. The van der Waals surface area contributed by atoms with Crippen LogP contribution in [-0.2, 0) is 22.9 Å². The molecule has 158 valence electrons. The number of aromatic nitrogens is 4. The molecule has 2 aromatic heterocycles. The first-order chi connectivity index (χ1) is 14.2. The van der Waals surface area contributed by atoms with E-state index in [1.807, 2.05) is 6.92 Å². The van der Waals surface area contributed by atoms with Gasteiger partial charge in [0.2, 0.25) is 11.7 Å². The number of hydrogen-bond donors (Lipinski definition) is 1. The summed E-state index contributed by atoms with van der Waals surface area (Å²) in [4.78, 5) is 13.5. The van der Waals surface area contributed by atoms with Gasteiger partial charge in [0.1, 0.15) is 5.56 Å². The zero-order valence-electron chi connectivity index (χ0n) is 16.5. The van der Waals surface area contributed by atoms with Gasteiger partial charge in [-0.25, -0.2) is 13.1 Å². The Hall–Kier alpha value is -2.65. The van der Waals surface area contributed by atoms with Crippen LogP contribution in [-0.4, -0.2) is 45.1 Å². The molecule has 8 nitrogen and oxygen atoms in total. The molecule has 1 N–H and O–H groups in total. The van der Waals surface area contributed by atoms with Crippen LogP contribution in [0.15, 0.2) is 35.5 Å². The molecular weight excluding hydrogens is 428 g/mol. The van der Waals surface area contributed by atoms with E-state index >= 15 is 0 Å². The van der Waals surface area contributed by atoms with Crippen molar-refractivity contribution in [3.8, 4) is 5.88 Å². The number of carbonyl (C=O) groups is 1. The van der Waals surface area contributed by atoms with Crippen LogP contribution in [0.4, 0.5) is 0 Å². The fourth-order valence-electron chi connectivity index (χ4n) is 3.52. The summed E-state index contributed by atoms with van der Waals surface area (Å²) in [6.07, 6.45) is 6.16. The fourth-order valence-corrected chi connectivity index (χ4v) is 4.81. The van der Waals surface area contributed by atoms with Gasteiger partial charge < -0.3 is 5.11 Å². The molecule has 0 aliphatic heterocycles. The molecule has 10 heteroatoms. The number of aromatic hydroxyl groups is 1. The number of nitrogens with zero attached hydrogens (tertiary/aromatic N) is 4. The van der Waals surface area contributed by atoms with Gasteiger partial charge in [-0.2, -0.15) is 10.2 Å². The number of aryl methyl sites for hydroxylation is 1. The quantitative estimate of drug-likeness (QED) is 0.557. The number of benzene rings is 1. The van der Waals surface area contributed by atoms with Gasteiger partial charge in [-0.05, 0) is 38.0 Å². The molecule has 1 aromatic carbocycles. The van der Waals surface area contributed by atoms with Gasteiger partial charge in [0.05, 0.1) is 22.2 Å². The van der Waals surface area contributed by atoms with Gasteiger partial charge in [0, 0.05) is 42.2 Å². The maximum atomic E-state index is 13.4. The van der Waals surface area contributed by atoms with Crippen LogP contribution in [0.1, 0.15) is 52.9 Å². The lowest BCUT2D eigenvalue weighted by atomic mass is 9.99. The minimum Gasteiger partial charge on any atom is -0.493 e. The summed E-state index contributed by atoms with van der Waals surface area (Å²) in [6, 6.07) is 4.49. The number of hydrogen-bond acceptors (Lipinski definition) is 6. The molecule has 0 radical (unpaired) electrons. The zero-order valence-corrected chi connectivity index (χ0v) is 18.1. The minimum absolute atomic E-state index is 0.0313. The van der Waals surface area contributed by atoms with Gasteiger partial charge in [0.15, 0.2) is 9.84 Å². The number of sulfone groups is 1. The molecular formula is C20H21ClN4O4S. The average Bonchev–Trinajstić information content (AvgIpc) is 3.30. The summed E-state index contributed by atoms with van der Waals surface area (Å²) in [5.74, 6) is -0.526. The molecule has 1 saturated carbocycles. The molecule has 30 heavy (non-hydrogen) atoms. The van der Waals surface area contributed by atoms with Crippen LogP contribution in [0.25, 0.3) is 0 Å². The molecule has 1 aliphatic rings. The van der Waals surface area contributed by atoms with E-state index in [0.717, 1.165) is 19.1 Å². The second-order valence-corrected chi connectivity index (χ2v) is 9.74. The molecule has 2 heterocycles. The molecule has 0 atom stereocenters. The van der Waals surface area contributed by atoms with Crippen molar-refractivity contribution in [1.29, 1.82) is 0 Å². The second-order valence-electron chi connectivity index (χ2n) is 7.38. The molecule has 1 aliphatic carbocycles. The van der Waals surface area contributed by atoms with E-state index in [2.05, 4.69) is 10.2 Å². The predicted molar refractivity (Wildman–Crippen MR) is 111 cm³/mol. The molecule has 0 saturated heterocycles. The smallest absolute Gasteiger partial charge is 0.221 e. The van der Waals surface area contributed by atoms with E-state index < -0.39 is 15.6 Å². The minimum atomic E-state index is -3.59. The van der Waals surface area contributed by atoms with E-state index in [1.54, 1.807) is 18.5 Å². The van der Waals surface area contributed by atoms with E-state index in [0.29, 0.717) is 12.2 Å². The van der Waals surface area contributed by atoms with E-state index in [1.165, 1.54) is 21.5 Å². The van der Waals surface area contributed by atoms with Gasteiger partial charge in [-0.15, -0.1) is 0 Å².